The van der Waals surface area contributed by atoms with Gasteiger partial charge in [0.1, 0.15) is 10.7 Å². The monoisotopic (exact) mass is 477 g/mol. The minimum absolute atomic E-state index is 0.0916. The first-order valence-electron chi connectivity index (χ1n) is 9.76. The molecule has 0 spiro atoms. The summed E-state index contributed by atoms with van der Waals surface area (Å²) in [5.74, 6) is -1.53. The summed E-state index contributed by atoms with van der Waals surface area (Å²) in [5, 5.41) is 6.15. The van der Waals surface area contributed by atoms with Gasteiger partial charge in [-0.25, -0.2) is 4.90 Å². The zero-order chi connectivity index (χ0) is 22.1. The maximum absolute atomic E-state index is 12.9. The molecule has 0 saturated heterocycles. The van der Waals surface area contributed by atoms with Crippen molar-refractivity contribution in [3.8, 4) is 0 Å². The molecule has 160 valence electrons. The predicted molar refractivity (Wildman–Crippen MR) is 122 cm³/mol. The standard InChI is InChI=1S/C22H18Cl3N3O3/c23-13-8-9-17(16(24)11-13)28-21(30)18(25)19(22(28)31)26-15-7-3-4-12(10-15)20(29)27-14-5-1-2-6-14/h3-4,7-11,14,26H,1-2,5-6H2,(H,27,29). The van der Waals surface area contributed by atoms with Crippen molar-refractivity contribution in [1.82, 2.24) is 5.32 Å². The average Bonchev–Trinajstić information content (AvgIpc) is 3.32. The Hall–Kier alpha value is -2.54. The minimum atomic E-state index is -0.700. The minimum Gasteiger partial charge on any atom is -0.350 e. The van der Waals surface area contributed by atoms with Crippen LogP contribution in [0, 0.1) is 0 Å². The fourth-order valence-corrected chi connectivity index (χ4v) is 4.42. The third-order valence-electron chi connectivity index (χ3n) is 5.26. The Labute approximate surface area is 194 Å². The number of carbonyl (C=O) groups is 3. The summed E-state index contributed by atoms with van der Waals surface area (Å²) < 4.78 is 0. The first-order valence-corrected chi connectivity index (χ1v) is 10.9. The maximum Gasteiger partial charge on any atom is 0.283 e. The normalized spacial score (nSPS) is 16.9. The zero-order valence-corrected chi connectivity index (χ0v) is 18.5. The Morgan fingerprint density at radius 2 is 1.71 bits per heavy atom. The summed E-state index contributed by atoms with van der Waals surface area (Å²) in [4.78, 5) is 39.0. The highest BCUT2D eigenvalue weighted by molar-refractivity contribution is 6.53. The highest BCUT2D eigenvalue weighted by Gasteiger charge is 2.39. The van der Waals surface area contributed by atoms with Crippen LogP contribution in [-0.2, 0) is 9.59 Å². The van der Waals surface area contributed by atoms with E-state index in [1.54, 1.807) is 24.3 Å². The molecule has 2 aromatic carbocycles. The van der Waals surface area contributed by atoms with Crippen molar-refractivity contribution in [3.05, 3.63) is 68.8 Å². The zero-order valence-electron chi connectivity index (χ0n) is 16.3. The van der Waals surface area contributed by atoms with Gasteiger partial charge in [0.2, 0.25) is 0 Å². The van der Waals surface area contributed by atoms with Crippen molar-refractivity contribution < 1.29 is 14.4 Å². The van der Waals surface area contributed by atoms with Crippen LogP contribution in [0.2, 0.25) is 10.0 Å². The van der Waals surface area contributed by atoms with Crippen LogP contribution in [0.5, 0.6) is 0 Å². The number of anilines is 2. The summed E-state index contributed by atoms with van der Waals surface area (Å²) >= 11 is 18.2. The van der Waals surface area contributed by atoms with E-state index >= 15 is 0 Å². The van der Waals surface area contributed by atoms with E-state index in [0.717, 1.165) is 30.6 Å². The molecule has 1 fully saturated rings. The van der Waals surface area contributed by atoms with Gasteiger partial charge < -0.3 is 10.6 Å². The summed E-state index contributed by atoms with van der Waals surface area (Å²) in [5.41, 5.74) is 0.993. The second-order valence-electron chi connectivity index (χ2n) is 7.39. The van der Waals surface area contributed by atoms with Crippen LogP contribution in [0.3, 0.4) is 0 Å². The number of carbonyl (C=O) groups excluding carboxylic acids is 3. The van der Waals surface area contributed by atoms with Gasteiger partial charge in [-0.1, -0.05) is 53.7 Å². The molecule has 0 atom stereocenters. The molecule has 6 nitrogen and oxygen atoms in total. The first-order chi connectivity index (χ1) is 14.8. The van der Waals surface area contributed by atoms with E-state index in [9.17, 15) is 14.4 Å². The number of benzene rings is 2. The fraction of sp³-hybridized carbons (Fsp3) is 0.227. The van der Waals surface area contributed by atoms with Crippen LogP contribution in [0.4, 0.5) is 11.4 Å². The van der Waals surface area contributed by atoms with Crippen LogP contribution in [-0.4, -0.2) is 23.8 Å². The maximum atomic E-state index is 12.9. The molecular formula is C22H18Cl3N3O3. The van der Waals surface area contributed by atoms with Gasteiger partial charge in [0.15, 0.2) is 0 Å². The molecule has 1 aliphatic carbocycles. The average molecular weight is 479 g/mol. The lowest BCUT2D eigenvalue weighted by Gasteiger charge is -2.17. The molecule has 0 bridgehead atoms. The highest BCUT2D eigenvalue weighted by atomic mass is 35.5. The molecule has 1 heterocycles. The van der Waals surface area contributed by atoms with E-state index in [2.05, 4.69) is 10.6 Å². The Kier molecular flexibility index (Phi) is 6.23. The summed E-state index contributed by atoms with van der Waals surface area (Å²) in [6, 6.07) is 11.3. The van der Waals surface area contributed by atoms with Crippen molar-refractivity contribution in [1.29, 1.82) is 0 Å². The smallest absolute Gasteiger partial charge is 0.283 e. The molecule has 1 saturated carbocycles. The molecular weight excluding hydrogens is 461 g/mol. The Morgan fingerprint density at radius 3 is 2.42 bits per heavy atom. The summed E-state index contributed by atoms with van der Waals surface area (Å²) in [7, 11) is 0. The van der Waals surface area contributed by atoms with Crippen molar-refractivity contribution in [2.24, 2.45) is 0 Å². The van der Waals surface area contributed by atoms with Gasteiger partial charge in [-0.2, -0.15) is 0 Å². The summed E-state index contributed by atoms with van der Waals surface area (Å²) in [6.45, 7) is 0. The van der Waals surface area contributed by atoms with Gasteiger partial charge in [-0.3, -0.25) is 14.4 Å². The van der Waals surface area contributed by atoms with Gasteiger partial charge in [-0.15, -0.1) is 0 Å². The van der Waals surface area contributed by atoms with E-state index in [1.165, 1.54) is 18.2 Å². The predicted octanol–water partition coefficient (Wildman–Crippen LogP) is 5.10. The fourth-order valence-electron chi connectivity index (χ4n) is 3.71. The van der Waals surface area contributed by atoms with Crippen molar-refractivity contribution in [3.63, 3.8) is 0 Å². The molecule has 9 heteroatoms. The molecule has 2 aliphatic rings. The molecule has 2 aromatic rings. The number of nitrogens with zero attached hydrogens (tertiary/aromatic N) is 1. The third-order valence-corrected chi connectivity index (χ3v) is 6.15. The van der Waals surface area contributed by atoms with Gasteiger partial charge in [0, 0.05) is 22.3 Å². The van der Waals surface area contributed by atoms with E-state index in [1.807, 2.05) is 0 Å². The number of imide groups is 1. The van der Waals surface area contributed by atoms with Crippen LogP contribution >= 0.6 is 34.8 Å². The number of halogens is 3. The van der Waals surface area contributed by atoms with Crippen molar-refractivity contribution in [2.75, 3.05) is 10.2 Å². The molecule has 31 heavy (non-hydrogen) atoms. The first kappa shape index (κ1) is 21.7. The van der Waals surface area contributed by atoms with Gasteiger partial charge >= 0.3 is 0 Å². The SMILES string of the molecule is O=C(NC1CCCC1)c1cccc(NC2=C(Cl)C(=O)N(c3ccc(Cl)cc3Cl)C2=O)c1. The second-order valence-corrected chi connectivity index (χ2v) is 8.61. The second kappa shape index (κ2) is 8.91. The molecule has 4 rings (SSSR count). The number of nitrogens with one attached hydrogen (secondary N) is 2. The van der Waals surface area contributed by atoms with Crippen molar-refractivity contribution >= 4 is 63.9 Å². The molecule has 3 amide bonds. The molecule has 1 aliphatic heterocycles. The number of amides is 3. The van der Waals surface area contributed by atoms with Crippen LogP contribution in [0.15, 0.2) is 53.2 Å². The van der Waals surface area contributed by atoms with Crippen LogP contribution < -0.4 is 15.5 Å². The van der Waals surface area contributed by atoms with E-state index in [0.29, 0.717) is 16.3 Å². The van der Waals surface area contributed by atoms with E-state index < -0.39 is 11.8 Å². The largest absolute Gasteiger partial charge is 0.350 e. The van der Waals surface area contributed by atoms with Crippen LogP contribution in [0.25, 0.3) is 0 Å². The summed E-state index contributed by atoms with van der Waals surface area (Å²) in [6.07, 6.45) is 4.19. The Balaban J connectivity index is 1.54. The Morgan fingerprint density at radius 1 is 0.968 bits per heavy atom. The van der Waals surface area contributed by atoms with E-state index in [4.69, 9.17) is 34.8 Å². The quantitative estimate of drug-likeness (QED) is 0.586. The molecule has 0 aromatic heterocycles. The van der Waals surface area contributed by atoms with Gasteiger partial charge in [0.25, 0.3) is 17.7 Å². The van der Waals surface area contributed by atoms with Crippen LogP contribution in [0.1, 0.15) is 36.0 Å². The van der Waals surface area contributed by atoms with Gasteiger partial charge in [-0.05, 0) is 49.2 Å². The van der Waals surface area contributed by atoms with Gasteiger partial charge in [0.05, 0.1) is 10.7 Å². The highest BCUT2D eigenvalue weighted by Crippen LogP contribution is 2.35. The number of hydrogen-bond donors (Lipinski definition) is 2. The number of rotatable bonds is 5. The lowest BCUT2D eigenvalue weighted by Crippen LogP contribution is -2.33. The lowest BCUT2D eigenvalue weighted by atomic mass is 10.1. The topological polar surface area (TPSA) is 78.5 Å². The van der Waals surface area contributed by atoms with E-state index in [-0.39, 0.29) is 33.4 Å². The van der Waals surface area contributed by atoms with Crippen molar-refractivity contribution in [2.45, 2.75) is 31.7 Å². The molecule has 0 unspecified atom stereocenters. The third kappa shape index (κ3) is 4.42. The Bertz CT molecular complexity index is 1110. The molecule has 2 N–H and O–H groups in total. The number of hydrogen-bond acceptors (Lipinski definition) is 4. The lowest BCUT2D eigenvalue weighted by molar-refractivity contribution is -0.120. The molecule has 0 radical (unpaired) electrons.